The zero-order valence-electron chi connectivity index (χ0n) is 7.75. The van der Waals surface area contributed by atoms with E-state index in [1.54, 1.807) is 18.1 Å². The molecule has 0 saturated heterocycles. The Morgan fingerprint density at radius 2 is 2.57 bits per heavy atom. The van der Waals surface area contributed by atoms with E-state index >= 15 is 0 Å². The third-order valence-electron chi connectivity index (χ3n) is 1.88. The lowest BCUT2D eigenvalue weighted by Gasteiger charge is -2.23. The van der Waals surface area contributed by atoms with E-state index in [4.69, 9.17) is 5.11 Å². The number of carboxylic acid groups (broad SMARTS) is 1. The van der Waals surface area contributed by atoms with E-state index in [1.807, 2.05) is 5.38 Å². The van der Waals surface area contributed by atoms with Crippen molar-refractivity contribution in [3.8, 4) is 0 Å². The summed E-state index contributed by atoms with van der Waals surface area (Å²) < 4.78 is 0. The molecule has 1 atom stereocenters. The number of rotatable bonds is 5. The molecule has 0 amide bonds. The van der Waals surface area contributed by atoms with Crippen molar-refractivity contribution in [2.45, 2.75) is 12.5 Å². The summed E-state index contributed by atoms with van der Waals surface area (Å²) in [5.74, 6) is -0.288. The predicted octanol–water partition coefficient (Wildman–Crippen LogP) is 1.35. The minimum Gasteiger partial charge on any atom is -0.480 e. The fourth-order valence-corrected chi connectivity index (χ4v) is 2.03. The minimum absolute atomic E-state index is 0.508. The summed E-state index contributed by atoms with van der Waals surface area (Å²) in [6.07, 6.45) is 2.17. The van der Waals surface area contributed by atoms with Crippen molar-refractivity contribution < 1.29 is 9.90 Å². The van der Waals surface area contributed by atoms with E-state index in [0.29, 0.717) is 12.2 Å². The molecule has 0 saturated carbocycles. The number of hydrogen-bond acceptors (Lipinski definition) is 5. The topological polar surface area (TPSA) is 53.4 Å². The molecule has 0 spiro atoms. The summed E-state index contributed by atoms with van der Waals surface area (Å²) in [5, 5.41) is 11.5. The molecule has 0 bridgehead atoms. The standard InChI is InChI=1S/C8H12N2O2S2/c1-10(8-9-3-5-14-8)6(2-4-13)7(11)12/h3,5-6,13H,2,4H2,1H3,(H,11,12)/t6-/m1/s1. The number of carbonyl (C=O) groups is 1. The second-order valence-corrected chi connectivity index (χ2v) is 4.11. The van der Waals surface area contributed by atoms with Crippen LogP contribution >= 0.6 is 24.0 Å². The highest BCUT2D eigenvalue weighted by atomic mass is 32.1. The minimum atomic E-state index is -0.836. The first-order valence-electron chi connectivity index (χ1n) is 4.12. The average Bonchev–Trinajstić information content (AvgIpc) is 2.65. The van der Waals surface area contributed by atoms with Crippen LogP contribution in [0.2, 0.25) is 0 Å². The number of likely N-dealkylation sites (N-methyl/N-ethyl adjacent to an activating group) is 1. The number of aliphatic carboxylic acids is 1. The Morgan fingerprint density at radius 3 is 3.00 bits per heavy atom. The highest BCUT2D eigenvalue weighted by Gasteiger charge is 2.23. The third-order valence-corrected chi connectivity index (χ3v) is 3.00. The van der Waals surface area contributed by atoms with E-state index in [0.717, 1.165) is 5.13 Å². The normalized spacial score (nSPS) is 12.4. The molecular weight excluding hydrogens is 220 g/mol. The lowest BCUT2D eigenvalue weighted by Crippen LogP contribution is -2.38. The van der Waals surface area contributed by atoms with Crippen LogP contribution in [-0.4, -0.2) is 34.9 Å². The Hall–Kier alpha value is -0.750. The van der Waals surface area contributed by atoms with Crippen molar-refractivity contribution in [3.63, 3.8) is 0 Å². The first kappa shape index (κ1) is 11.3. The summed E-state index contributed by atoms with van der Waals surface area (Å²) in [6.45, 7) is 0. The SMILES string of the molecule is CN(c1nccs1)[C@H](CCS)C(=O)O. The second kappa shape index (κ2) is 5.21. The van der Waals surface area contributed by atoms with Gasteiger partial charge in [-0.2, -0.15) is 12.6 Å². The zero-order valence-corrected chi connectivity index (χ0v) is 9.46. The fraction of sp³-hybridized carbons (Fsp3) is 0.500. The average molecular weight is 232 g/mol. The summed E-state index contributed by atoms with van der Waals surface area (Å²) in [6, 6.07) is -0.543. The number of nitrogens with zero attached hydrogens (tertiary/aromatic N) is 2. The smallest absolute Gasteiger partial charge is 0.326 e. The molecule has 1 N–H and O–H groups in total. The van der Waals surface area contributed by atoms with Gasteiger partial charge in [0.1, 0.15) is 6.04 Å². The number of hydrogen-bond donors (Lipinski definition) is 2. The van der Waals surface area contributed by atoms with Crippen LogP contribution in [0.1, 0.15) is 6.42 Å². The Morgan fingerprint density at radius 1 is 1.86 bits per heavy atom. The van der Waals surface area contributed by atoms with Crippen molar-refractivity contribution in [3.05, 3.63) is 11.6 Å². The van der Waals surface area contributed by atoms with Gasteiger partial charge in [0.2, 0.25) is 0 Å². The van der Waals surface area contributed by atoms with Crippen LogP contribution in [0.3, 0.4) is 0 Å². The largest absolute Gasteiger partial charge is 0.480 e. The van der Waals surface area contributed by atoms with Crippen LogP contribution in [0, 0.1) is 0 Å². The van der Waals surface area contributed by atoms with Gasteiger partial charge in [-0.3, -0.25) is 0 Å². The molecule has 1 heterocycles. The third kappa shape index (κ3) is 2.62. The van der Waals surface area contributed by atoms with Crippen LogP contribution in [0.4, 0.5) is 5.13 Å². The molecule has 0 fully saturated rings. The van der Waals surface area contributed by atoms with Crippen molar-refractivity contribution >= 4 is 35.1 Å². The lowest BCUT2D eigenvalue weighted by atomic mass is 10.2. The predicted molar refractivity (Wildman–Crippen MR) is 60.4 cm³/mol. The van der Waals surface area contributed by atoms with Gasteiger partial charge in [0.25, 0.3) is 0 Å². The number of thiol groups is 1. The molecule has 78 valence electrons. The fourth-order valence-electron chi connectivity index (χ4n) is 1.13. The maximum Gasteiger partial charge on any atom is 0.326 e. The monoisotopic (exact) mass is 232 g/mol. The molecule has 6 heteroatoms. The van der Waals surface area contributed by atoms with Crippen molar-refractivity contribution in [2.75, 3.05) is 17.7 Å². The van der Waals surface area contributed by atoms with Gasteiger partial charge in [-0.15, -0.1) is 11.3 Å². The maximum absolute atomic E-state index is 10.9. The summed E-state index contributed by atoms with van der Waals surface area (Å²) in [7, 11) is 1.74. The number of aromatic nitrogens is 1. The highest BCUT2D eigenvalue weighted by Crippen LogP contribution is 2.19. The molecule has 4 nitrogen and oxygen atoms in total. The van der Waals surface area contributed by atoms with Crippen molar-refractivity contribution in [1.82, 2.24) is 4.98 Å². The number of carboxylic acids is 1. The van der Waals surface area contributed by atoms with Gasteiger partial charge in [0, 0.05) is 18.6 Å². The molecular formula is C8H12N2O2S2. The summed E-state index contributed by atoms with van der Waals surface area (Å²) in [4.78, 5) is 16.7. The van der Waals surface area contributed by atoms with Crippen LogP contribution in [0.5, 0.6) is 0 Å². The van der Waals surface area contributed by atoms with E-state index in [-0.39, 0.29) is 0 Å². The van der Waals surface area contributed by atoms with E-state index in [1.165, 1.54) is 11.3 Å². The molecule has 1 aromatic heterocycles. The highest BCUT2D eigenvalue weighted by molar-refractivity contribution is 7.80. The first-order valence-corrected chi connectivity index (χ1v) is 5.64. The molecule has 0 aromatic carbocycles. The zero-order chi connectivity index (χ0) is 10.6. The second-order valence-electron chi connectivity index (χ2n) is 2.79. The molecule has 1 aromatic rings. The first-order chi connectivity index (χ1) is 6.66. The lowest BCUT2D eigenvalue weighted by molar-refractivity contribution is -0.138. The van der Waals surface area contributed by atoms with Crippen LogP contribution < -0.4 is 4.90 Å². The van der Waals surface area contributed by atoms with Crippen molar-refractivity contribution in [1.29, 1.82) is 0 Å². The van der Waals surface area contributed by atoms with Crippen LogP contribution in [0.15, 0.2) is 11.6 Å². The van der Waals surface area contributed by atoms with Gasteiger partial charge in [-0.05, 0) is 12.2 Å². The van der Waals surface area contributed by atoms with E-state index in [9.17, 15) is 4.79 Å². The van der Waals surface area contributed by atoms with Gasteiger partial charge >= 0.3 is 5.97 Å². The Kier molecular flexibility index (Phi) is 4.21. The Balaban J connectivity index is 2.73. The number of anilines is 1. The Bertz CT molecular complexity index is 290. The Labute approximate surface area is 92.0 Å². The molecule has 0 radical (unpaired) electrons. The quantitative estimate of drug-likeness (QED) is 0.753. The van der Waals surface area contributed by atoms with Gasteiger partial charge in [0.05, 0.1) is 0 Å². The van der Waals surface area contributed by atoms with E-state index < -0.39 is 12.0 Å². The molecule has 0 unspecified atom stereocenters. The summed E-state index contributed by atoms with van der Waals surface area (Å²) >= 11 is 5.47. The molecule has 1 rings (SSSR count). The van der Waals surface area contributed by atoms with E-state index in [2.05, 4.69) is 17.6 Å². The van der Waals surface area contributed by atoms with Crippen LogP contribution in [-0.2, 0) is 4.79 Å². The molecule has 0 aliphatic heterocycles. The van der Waals surface area contributed by atoms with Crippen LogP contribution in [0.25, 0.3) is 0 Å². The van der Waals surface area contributed by atoms with Gasteiger partial charge in [-0.1, -0.05) is 0 Å². The molecule has 14 heavy (non-hydrogen) atoms. The maximum atomic E-state index is 10.9. The van der Waals surface area contributed by atoms with Gasteiger partial charge in [0.15, 0.2) is 5.13 Å². The van der Waals surface area contributed by atoms with Gasteiger partial charge < -0.3 is 10.0 Å². The molecule has 0 aliphatic rings. The van der Waals surface area contributed by atoms with Gasteiger partial charge in [-0.25, -0.2) is 9.78 Å². The number of thiazole rings is 1. The molecule has 0 aliphatic carbocycles. The summed E-state index contributed by atoms with van der Waals surface area (Å²) in [5.41, 5.74) is 0. The van der Waals surface area contributed by atoms with Crippen molar-refractivity contribution in [2.24, 2.45) is 0 Å².